The van der Waals surface area contributed by atoms with Crippen LogP contribution >= 0.6 is 0 Å². The maximum atomic E-state index is 13.1. The molecule has 0 bridgehead atoms. The fourth-order valence-electron chi connectivity index (χ4n) is 5.54. The molecule has 0 aliphatic heterocycles. The first-order chi connectivity index (χ1) is 20.0. The van der Waals surface area contributed by atoms with Gasteiger partial charge in [-0.3, -0.25) is 4.79 Å². The summed E-state index contributed by atoms with van der Waals surface area (Å²) >= 11 is 0. The lowest BCUT2D eigenvalue weighted by molar-refractivity contribution is -0.151. The lowest BCUT2D eigenvalue weighted by atomic mass is 10.0. The number of anilines is 3. The summed E-state index contributed by atoms with van der Waals surface area (Å²) in [4.78, 5) is 38.8. The van der Waals surface area contributed by atoms with Gasteiger partial charge in [-0.25, -0.2) is 9.78 Å². The highest BCUT2D eigenvalue weighted by Crippen LogP contribution is 2.32. The second-order valence-corrected chi connectivity index (χ2v) is 11.7. The van der Waals surface area contributed by atoms with Crippen molar-refractivity contribution in [1.29, 1.82) is 0 Å². The van der Waals surface area contributed by atoms with E-state index < -0.39 is 6.04 Å². The second-order valence-electron chi connectivity index (χ2n) is 11.7. The Labute approximate surface area is 247 Å². The third kappa shape index (κ3) is 7.84. The van der Waals surface area contributed by atoms with E-state index in [4.69, 9.17) is 20.9 Å². The van der Waals surface area contributed by atoms with E-state index in [0.29, 0.717) is 41.3 Å². The standard InChI is InChI=1S/C31H43N7O4/c1-17(2)12-25(30(40)42-24-11-6-20(14-24)13-18(3)41-5)36-29(39)21-7-9-23(10-8-21)34-15-22-16-35-28-26(19(22)4)27(32)37-31(33)38-28/h7-10,16-18,20,24-25,34H,6,11-15H2,1-5H3,(H,36,39)(H4,32,33,35,37,38)/t18?,20?,24?,25-/m0/s1. The number of carbonyl (C=O) groups is 2. The van der Waals surface area contributed by atoms with Gasteiger partial charge in [0.2, 0.25) is 5.95 Å². The Morgan fingerprint density at radius 3 is 2.52 bits per heavy atom. The number of fused-ring (bicyclic) bond motifs is 1. The summed E-state index contributed by atoms with van der Waals surface area (Å²) < 4.78 is 11.3. The van der Waals surface area contributed by atoms with E-state index in [2.05, 4.69) is 32.5 Å². The van der Waals surface area contributed by atoms with Crippen LogP contribution in [0.1, 0.15) is 74.4 Å². The van der Waals surface area contributed by atoms with Crippen molar-refractivity contribution in [3.05, 3.63) is 47.2 Å². The number of nitrogens with one attached hydrogen (secondary N) is 2. The number of nitrogen functional groups attached to an aromatic ring is 2. The summed E-state index contributed by atoms with van der Waals surface area (Å²) in [6.07, 6.45) is 5.96. The Hall–Kier alpha value is -3.99. The second kappa shape index (κ2) is 13.8. The van der Waals surface area contributed by atoms with Gasteiger partial charge in [-0.1, -0.05) is 13.8 Å². The molecule has 2 aromatic heterocycles. The Morgan fingerprint density at radius 2 is 1.83 bits per heavy atom. The van der Waals surface area contributed by atoms with E-state index in [1.54, 1.807) is 25.4 Å². The molecule has 2 heterocycles. The summed E-state index contributed by atoms with van der Waals surface area (Å²) in [5.41, 5.74) is 15.3. The molecule has 1 aromatic carbocycles. The van der Waals surface area contributed by atoms with E-state index in [1.165, 1.54) is 0 Å². The summed E-state index contributed by atoms with van der Waals surface area (Å²) in [6, 6.07) is 6.41. The number of aryl methyl sites for hydroxylation is 1. The molecule has 11 nitrogen and oxygen atoms in total. The van der Waals surface area contributed by atoms with Crippen molar-refractivity contribution in [2.75, 3.05) is 23.9 Å². The van der Waals surface area contributed by atoms with E-state index >= 15 is 0 Å². The molecule has 1 fully saturated rings. The van der Waals surface area contributed by atoms with Crippen molar-refractivity contribution in [3.8, 4) is 0 Å². The third-order valence-electron chi connectivity index (χ3n) is 7.91. The summed E-state index contributed by atoms with van der Waals surface area (Å²) in [7, 11) is 1.72. The molecule has 42 heavy (non-hydrogen) atoms. The van der Waals surface area contributed by atoms with Gasteiger partial charge in [0.25, 0.3) is 5.91 Å². The van der Waals surface area contributed by atoms with Crippen LogP contribution in [-0.4, -0.2) is 52.2 Å². The summed E-state index contributed by atoms with van der Waals surface area (Å²) in [6.45, 7) is 8.53. The molecule has 1 aliphatic rings. The van der Waals surface area contributed by atoms with Crippen LogP contribution in [-0.2, 0) is 20.8 Å². The smallest absolute Gasteiger partial charge is 0.328 e. The normalized spacial score (nSPS) is 18.1. The van der Waals surface area contributed by atoms with Gasteiger partial charge in [0.1, 0.15) is 18.0 Å². The van der Waals surface area contributed by atoms with Gasteiger partial charge in [0.05, 0.1) is 11.5 Å². The zero-order valence-electron chi connectivity index (χ0n) is 25.1. The van der Waals surface area contributed by atoms with E-state index in [-0.39, 0.29) is 36.0 Å². The number of methoxy groups -OCH3 is 1. The molecule has 1 amide bonds. The van der Waals surface area contributed by atoms with Crippen LogP contribution in [0.4, 0.5) is 17.5 Å². The van der Waals surface area contributed by atoms with Gasteiger partial charge in [0, 0.05) is 31.1 Å². The van der Waals surface area contributed by atoms with Crippen molar-refractivity contribution in [2.24, 2.45) is 11.8 Å². The van der Waals surface area contributed by atoms with E-state index in [1.807, 2.05) is 32.9 Å². The first kappa shape index (κ1) is 31.0. The number of esters is 1. The molecular weight excluding hydrogens is 534 g/mol. The number of hydrogen-bond acceptors (Lipinski definition) is 10. The van der Waals surface area contributed by atoms with Crippen molar-refractivity contribution in [1.82, 2.24) is 20.3 Å². The van der Waals surface area contributed by atoms with Gasteiger partial charge in [0.15, 0.2) is 5.65 Å². The minimum atomic E-state index is -0.706. The quantitative estimate of drug-likeness (QED) is 0.227. The van der Waals surface area contributed by atoms with Crippen LogP contribution in [0.2, 0.25) is 0 Å². The largest absolute Gasteiger partial charge is 0.461 e. The number of ether oxygens (including phenoxy) is 2. The highest BCUT2D eigenvalue weighted by molar-refractivity contribution is 5.97. The van der Waals surface area contributed by atoms with Gasteiger partial charge >= 0.3 is 5.97 Å². The maximum Gasteiger partial charge on any atom is 0.328 e. The van der Waals surface area contributed by atoms with Gasteiger partial charge < -0.3 is 31.6 Å². The molecule has 0 saturated heterocycles. The Balaban J connectivity index is 1.34. The average Bonchev–Trinajstić information content (AvgIpc) is 3.38. The SMILES string of the molecule is COC(C)CC1CCC(OC(=O)[C@H](CC(C)C)NC(=O)c2ccc(NCc3cnc4nc(N)nc(N)c4c3C)cc2)C1. The molecule has 11 heteroatoms. The number of nitrogens with two attached hydrogens (primary N) is 2. The summed E-state index contributed by atoms with van der Waals surface area (Å²) in [5, 5.41) is 6.93. The molecule has 0 spiro atoms. The number of nitrogens with zero attached hydrogens (tertiary/aromatic N) is 3. The minimum Gasteiger partial charge on any atom is -0.461 e. The molecular formula is C31H43N7O4. The number of carbonyl (C=O) groups excluding carboxylic acids is 2. The zero-order valence-corrected chi connectivity index (χ0v) is 25.1. The van der Waals surface area contributed by atoms with Crippen molar-refractivity contribution in [2.45, 2.75) is 84.6 Å². The monoisotopic (exact) mass is 577 g/mol. The Bertz CT molecular complexity index is 1400. The molecule has 6 N–H and O–H groups in total. The topological polar surface area (TPSA) is 167 Å². The van der Waals surface area contributed by atoms with Crippen LogP contribution in [0.25, 0.3) is 11.0 Å². The first-order valence-corrected chi connectivity index (χ1v) is 14.6. The molecule has 3 aromatic rings. The third-order valence-corrected chi connectivity index (χ3v) is 7.91. The molecule has 226 valence electrons. The highest BCUT2D eigenvalue weighted by Gasteiger charge is 2.32. The van der Waals surface area contributed by atoms with Crippen molar-refractivity contribution >= 4 is 40.4 Å². The molecule has 0 radical (unpaired) electrons. The summed E-state index contributed by atoms with van der Waals surface area (Å²) in [5.74, 6) is 0.394. The number of amides is 1. The van der Waals surface area contributed by atoms with Crippen LogP contribution in [0, 0.1) is 18.8 Å². The van der Waals surface area contributed by atoms with Gasteiger partial charge in [-0.15, -0.1) is 0 Å². The van der Waals surface area contributed by atoms with Crippen molar-refractivity contribution < 1.29 is 19.1 Å². The number of aromatic nitrogens is 3. The predicted octanol–water partition coefficient (Wildman–Crippen LogP) is 4.39. The lowest BCUT2D eigenvalue weighted by Crippen LogP contribution is -2.43. The molecule has 4 atom stereocenters. The number of benzene rings is 1. The van der Waals surface area contributed by atoms with Crippen LogP contribution in [0.15, 0.2) is 30.5 Å². The van der Waals surface area contributed by atoms with Crippen LogP contribution < -0.4 is 22.1 Å². The zero-order chi connectivity index (χ0) is 30.4. The van der Waals surface area contributed by atoms with E-state index in [0.717, 1.165) is 42.5 Å². The lowest BCUT2D eigenvalue weighted by Gasteiger charge is -2.22. The van der Waals surface area contributed by atoms with Gasteiger partial charge in [-0.05, 0) is 93.2 Å². The number of rotatable bonds is 12. The highest BCUT2D eigenvalue weighted by atomic mass is 16.5. The van der Waals surface area contributed by atoms with Crippen LogP contribution in [0.3, 0.4) is 0 Å². The van der Waals surface area contributed by atoms with E-state index in [9.17, 15) is 9.59 Å². The Morgan fingerprint density at radius 1 is 1.10 bits per heavy atom. The number of hydrogen-bond donors (Lipinski definition) is 4. The maximum absolute atomic E-state index is 13.1. The van der Waals surface area contributed by atoms with Crippen molar-refractivity contribution in [3.63, 3.8) is 0 Å². The fourth-order valence-corrected chi connectivity index (χ4v) is 5.54. The first-order valence-electron chi connectivity index (χ1n) is 14.6. The predicted molar refractivity (Wildman–Crippen MR) is 164 cm³/mol. The average molecular weight is 578 g/mol. The number of pyridine rings is 1. The molecule has 3 unspecified atom stereocenters. The minimum absolute atomic E-state index is 0.0877. The van der Waals surface area contributed by atoms with Gasteiger partial charge in [-0.2, -0.15) is 9.97 Å². The Kier molecular flexibility index (Phi) is 10.2. The van der Waals surface area contributed by atoms with Crippen LogP contribution in [0.5, 0.6) is 0 Å². The fraction of sp³-hybridized carbons (Fsp3) is 0.516. The molecule has 1 aliphatic carbocycles. The molecule has 4 rings (SSSR count). The molecule has 1 saturated carbocycles.